The Bertz CT molecular complexity index is 947. The number of halogens is 1. The van der Waals surface area contributed by atoms with Crippen molar-refractivity contribution in [1.29, 1.82) is 0 Å². The minimum Gasteiger partial charge on any atom is -0.301 e. The molecular weight excluding hydrogens is 440 g/mol. The van der Waals surface area contributed by atoms with E-state index in [1.165, 1.54) is 49.9 Å². The van der Waals surface area contributed by atoms with E-state index in [1.807, 2.05) is 29.6 Å². The highest BCUT2D eigenvalue weighted by molar-refractivity contribution is 7.14. The minimum atomic E-state index is 0.0326. The first kappa shape index (κ1) is 21.1. The zero-order valence-corrected chi connectivity index (χ0v) is 20.0. The Balaban J connectivity index is 1.01. The van der Waals surface area contributed by atoms with Gasteiger partial charge in [-0.25, -0.2) is 4.98 Å². The van der Waals surface area contributed by atoms with E-state index in [0.717, 1.165) is 55.2 Å². The highest BCUT2D eigenvalue weighted by atomic mass is 35.5. The van der Waals surface area contributed by atoms with Crippen LogP contribution in [-0.2, 0) is 4.79 Å². The predicted molar refractivity (Wildman–Crippen MR) is 130 cm³/mol. The highest BCUT2D eigenvalue weighted by Gasteiger charge is 2.53. The number of carbonyl (C=O) groups excluding carboxylic acids is 1. The van der Waals surface area contributed by atoms with E-state index < -0.39 is 0 Å². The van der Waals surface area contributed by atoms with E-state index in [0.29, 0.717) is 22.2 Å². The second kappa shape index (κ2) is 8.39. The van der Waals surface area contributed by atoms with Gasteiger partial charge in [0, 0.05) is 47.7 Å². The lowest BCUT2D eigenvalue weighted by Gasteiger charge is -2.61. The van der Waals surface area contributed by atoms with Crippen molar-refractivity contribution < 1.29 is 4.79 Å². The Morgan fingerprint density at radius 1 is 1.03 bits per heavy atom. The van der Waals surface area contributed by atoms with Crippen molar-refractivity contribution in [3.8, 4) is 11.3 Å². The van der Waals surface area contributed by atoms with Gasteiger partial charge in [0.05, 0.1) is 12.2 Å². The van der Waals surface area contributed by atoms with Crippen LogP contribution in [-0.4, -0.2) is 59.0 Å². The van der Waals surface area contributed by atoms with Crippen LogP contribution in [0.1, 0.15) is 38.5 Å². The number of hydrogen-bond donors (Lipinski definition) is 1. The minimum absolute atomic E-state index is 0.0326. The molecule has 2 aromatic rings. The Hall–Kier alpha value is -1.47. The van der Waals surface area contributed by atoms with Gasteiger partial charge >= 0.3 is 0 Å². The van der Waals surface area contributed by atoms with Crippen molar-refractivity contribution in [2.45, 2.75) is 44.1 Å². The molecular formula is C25H31ClN4OS. The average molecular weight is 471 g/mol. The van der Waals surface area contributed by atoms with Gasteiger partial charge in [0.15, 0.2) is 5.13 Å². The maximum atomic E-state index is 12.7. The van der Waals surface area contributed by atoms with Gasteiger partial charge in [-0.2, -0.15) is 0 Å². The molecule has 1 aromatic carbocycles. The van der Waals surface area contributed by atoms with Gasteiger partial charge in [-0.15, -0.1) is 11.3 Å². The number of carbonyl (C=O) groups is 1. The van der Waals surface area contributed by atoms with Crippen LogP contribution in [0, 0.1) is 17.8 Å². The zero-order chi connectivity index (χ0) is 21.7. The number of anilines is 1. The number of piperazine rings is 1. The lowest BCUT2D eigenvalue weighted by atomic mass is 9.52. The normalized spacial score (nSPS) is 32.3. The third-order valence-electron chi connectivity index (χ3n) is 8.31. The van der Waals surface area contributed by atoms with Gasteiger partial charge in [0.25, 0.3) is 0 Å². The first-order valence-electron chi connectivity index (χ1n) is 12.0. The number of nitrogens with one attached hydrogen (secondary N) is 1. The van der Waals surface area contributed by atoms with Gasteiger partial charge in [-0.05, 0) is 68.4 Å². The smallest absolute Gasteiger partial charge is 0.240 e. The quantitative estimate of drug-likeness (QED) is 0.668. The Morgan fingerprint density at radius 3 is 2.28 bits per heavy atom. The summed E-state index contributed by atoms with van der Waals surface area (Å²) in [6, 6.07) is 7.62. The van der Waals surface area contributed by atoms with Crippen LogP contribution in [0.25, 0.3) is 11.3 Å². The van der Waals surface area contributed by atoms with Crippen molar-refractivity contribution >= 4 is 34.0 Å². The molecule has 0 spiro atoms. The molecule has 170 valence electrons. The van der Waals surface area contributed by atoms with Crippen LogP contribution >= 0.6 is 22.9 Å². The monoisotopic (exact) mass is 470 g/mol. The maximum absolute atomic E-state index is 12.7. The fraction of sp³-hybridized carbons (Fsp3) is 0.600. The summed E-state index contributed by atoms with van der Waals surface area (Å²) in [5.41, 5.74) is 2.36. The molecule has 4 saturated carbocycles. The number of rotatable bonds is 5. The lowest BCUT2D eigenvalue weighted by Crippen LogP contribution is -2.64. The average Bonchev–Trinajstić information content (AvgIpc) is 3.22. The SMILES string of the molecule is O=C(CN1CCN(C23CC4CC(CC(C4)C2)C3)CC1)Nc1nc(-c2ccc(Cl)cc2)cs1. The second-order valence-electron chi connectivity index (χ2n) is 10.5. The molecule has 4 aliphatic carbocycles. The molecule has 1 amide bonds. The Morgan fingerprint density at radius 2 is 1.66 bits per heavy atom. The van der Waals surface area contributed by atoms with E-state index >= 15 is 0 Å². The van der Waals surface area contributed by atoms with Crippen LogP contribution in [0.15, 0.2) is 29.6 Å². The number of nitrogens with zero attached hydrogens (tertiary/aromatic N) is 3. The van der Waals surface area contributed by atoms with E-state index in [2.05, 4.69) is 20.1 Å². The zero-order valence-electron chi connectivity index (χ0n) is 18.4. The van der Waals surface area contributed by atoms with Crippen LogP contribution in [0.5, 0.6) is 0 Å². The number of benzene rings is 1. The van der Waals surface area contributed by atoms with E-state index in [9.17, 15) is 4.79 Å². The molecule has 0 unspecified atom stereocenters. The molecule has 5 nitrogen and oxygen atoms in total. The van der Waals surface area contributed by atoms with Gasteiger partial charge in [-0.3, -0.25) is 14.6 Å². The van der Waals surface area contributed by atoms with Crippen LogP contribution in [0.4, 0.5) is 5.13 Å². The maximum Gasteiger partial charge on any atom is 0.240 e. The molecule has 1 N–H and O–H groups in total. The van der Waals surface area contributed by atoms with Crippen LogP contribution < -0.4 is 5.32 Å². The molecule has 7 heteroatoms. The van der Waals surface area contributed by atoms with Gasteiger partial charge in [0.2, 0.25) is 5.91 Å². The highest BCUT2D eigenvalue weighted by Crippen LogP contribution is 2.57. The van der Waals surface area contributed by atoms with Crippen molar-refractivity contribution in [2.75, 3.05) is 38.0 Å². The van der Waals surface area contributed by atoms with Crippen molar-refractivity contribution in [3.63, 3.8) is 0 Å². The molecule has 1 saturated heterocycles. The number of thiazole rings is 1. The largest absolute Gasteiger partial charge is 0.301 e. The molecule has 1 aliphatic heterocycles. The van der Waals surface area contributed by atoms with Gasteiger partial charge in [-0.1, -0.05) is 23.7 Å². The summed E-state index contributed by atoms with van der Waals surface area (Å²) in [5.74, 6) is 2.99. The third-order valence-corrected chi connectivity index (χ3v) is 9.32. The van der Waals surface area contributed by atoms with Crippen molar-refractivity contribution in [3.05, 3.63) is 34.7 Å². The first-order valence-corrected chi connectivity index (χ1v) is 13.3. The molecule has 0 radical (unpaired) electrons. The van der Waals surface area contributed by atoms with Gasteiger partial charge in [0.1, 0.15) is 0 Å². The lowest BCUT2D eigenvalue weighted by molar-refractivity contribution is -0.120. The molecule has 7 rings (SSSR count). The molecule has 0 atom stereocenters. The predicted octanol–water partition coefficient (Wildman–Crippen LogP) is 4.99. The third kappa shape index (κ3) is 4.11. The molecule has 32 heavy (non-hydrogen) atoms. The summed E-state index contributed by atoms with van der Waals surface area (Å²) in [6.45, 7) is 4.64. The summed E-state index contributed by atoms with van der Waals surface area (Å²) >= 11 is 7.44. The van der Waals surface area contributed by atoms with Crippen molar-refractivity contribution in [1.82, 2.24) is 14.8 Å². The second-order valence-corrected chi connectivity index (χ2v) is 11.8. The number of hydrogen-bond acceptors (Lipinski definition) is 5. The molecule has 5 aliphatic rings. The van der Waals surface area contributed by atoms with E-state index in [-0.39, 0.29) is 5.91 Å². The van der Waals surface area contributed by atoms with Crippen LogP contribution in [0.2, 0.25) is 5.02 Å². The summed E-state index contributed by atoms with van der Waals surface area (Å²) in [7, 11) is 0. The number of aromatic nitrogens is 1. The Labute approximate surface area is 199 Å². The van der Waals surface area contributed by atoms with Gasteiger partial charge < -0.3 is 5.32 Å². The standard InChI is InChI=1S/C25H31ClN4OS/c26-21-3-1-20(2-4-21)22-16-32-24(27-22)28-23(31)15-29-5-7-30(8-6-29)25-12-17-9-18(13-25)11-19(10-17)14-25/h1-4,16-19H,5-15H2,(H,27,28,31). The summed E-state index contributed by atoms with van der Waals surface area (Å²) in [6.07, 6.45) is 8.78. The molecule has 4 bridgehead atoms. The fourth-order valence-electron chi connectivity index (χ4n) is 7.28. The fourth-order valence-corrected chi connectivity index (χ4v) is 8.14. The summed E-state index contributed by atoms with van der Waals surface area (Å²) in [4.78, 5) is 22.4. The van der Waals surface area contributed by atoms with E-state index in [1.54, 1.807) is 0 Å². The van der Waals surface area contributed by atoms with Crippen LogP contribution in [0.3, 0.4) is 0 Å². The first-order chi connectivity index (χ1) is 15.5. The molecule has 5 fully saturated rings. The Kier molecular flexibility index (Phi) is 5.53. The summed E-state index contributed by atoms with van der Waals surface area (Å²) in [5, 5.41) is 6.34. The topological polar surface area (TPSA) is 48.5 Å². The summed E-state index contributed by atoms with van der Waals surface area (Å²) < 4.78 is 0. The number of amides is 1. The van der Waals surface area contributed by atoms with Crippen molar-refractivity contribution in [2.24, 2.45) is 17.8 Å². The molecule has 1 aromatic heterocycles. The molecule has 2 heterocycles. The van der Waals surface area contributed by atoms with E-state index in [4.69, 9.17) is 11.6 Å².